The molecule has 1 fully saturated rings. The van der Waals surface area contributed by atoms with Crippen LogP contribution in [0.5, 0.6) is 0 Å². The Kier molecular flexibility index (Phi) is 22.8. The first-order chi connectivity index (χ1) is 20.8. The fourth-order valence-electron chi connectivity index (χ4n) is 4.46. The summed E-state index contributed by atoms with van der Waals surface area (Å²) in [5.41, 5.74) is 0. The van der Waals surface area contributed by atoms with Crippen molar-refractivity contribution in [1.82, 2.24) is 5.32 Å². The van der Waals surface area contributed by atoms with E-state index in [0.29, 0.717) is 6.42 Å². The van der Waals surface area contributed by atoms with E-state index in [2.05, 4.69) is 55.6 Å². The Morgan fingerprint density at radius 1 is 0.814 bits per heavy atom. The van der Waals surface area contributed by atoms with Gasteiger partial charge in [-0.05, 0) is 44.9 Å². The average molecular weight is 608 g/mol. The Labute approximate surface area is 258 Å². The van der Waals surface area contributed by atoms with Crippen LogP contribution in [0.3, 0.4) is 0 Å². The third kappa shape index (κ3) is 17.7. The van der Waals surface area contributed by atoms with Gasteiger partial charge in [0.1, 0.15) is 24.4 Å². The molecule has 0 spiro atoms. The van der Waals surface area contributed by atoms with Crippen LogP contribution < -0.4 is 5.32 Å². The largest absolute Gasteiger partial charge is 0.394 e. The summed E-state index contributed by atoms with van der Waals surface area (Å²) in [6.07, 6.45) is 23.0. The highest BCUT2D eigenvalue weighted by Crippen LogP contribution is 2.22. The zero-order chi connectivity index (χ0) is 31.7. The van der Waals surface area contributed by atoms with Gasteiger partial charge in [0.15, 0.2) is 6.29 Å². The average Bonchev–Trinajstić information content (AvgIpc) is 3.00. The second-order valence-corrected chi connectivity index (χ2v) is 10.9. The van der Waals surface area contributed by atoms with Gasteiger partial charge in [0, 0.05) is 6.42 Å². The number of aliphatic hydroxyl groups excluding tert-OH is 5. The van der Waals surface area contributed by atoms with Crippen molar-refractivity contribution in [1.29, 1.82) is 0 Å². The molecule has 1 rings (SSSR count). The molecule has 1 heterocycles. The van der Waals surface area contributed by atoms with Crippen LogP contribution in [-0.4, -0.2) is 87.5 Å². The second kappa shape index (κ2) is 25.2. The number of hydrogen-bond donors (Lipinski definition) is 6. The molecule has 0 aromatic carbocycles. The number of nitrogens with one attached hydrogen (secondary N) is 1. The maximum atomic E-state index is 12.7. The molecule has 9 nitrogen and oxygen atoms in total. The summed E-state index contributed by atoms with van der Waals surface area (Å²) in [6, 6.07) is -0.839. The van der Waals surface area contributed by atoms with Gasteiger partial charge >= 0.3 is 0 Å². The molecule has 0 aromatic rings. The molecule has 9 heteroatoms. The molecule has 0 radical (unpaired) electrons. The fraction of sp³-hybridized carbons (Fsp3) is 0.676. The van der Waals surface area contributed by atoms with Crippen molar-refractivity contribution in [3.05, 3.63) is 60.8 Å². The van der Waals surface area contributed by atoms with Crippen molar-refractivity contribution in [3.63, 3.8) is 0 Å². The summed E-state index contributed by atoms with van der Waals surface area (Å²) in [7, 11) is 0. The predicted octanol–water partition coefficient (Wildman–Crippen LogP) is 4.15. The number of unbranched alkanes of at least 4 members (excludes halogenated alkanes) is 5. The van der Waals surface area contributed by atoms with Gasteiger partial charge in [-0.2, -0.15) is 0 Å². The molecule has 246 valence electrons. The number of rotatable bonds is 23. The minimum Gasteiger partial charge on any atom is -0.394 e. The third-order valence-electron chi connectivity index (χ3n) is 7.11. The zero-order valence-electron chi connectivity index (χ0n) is 26.2. The van der Waals surface area contributed by atoms with Crippen LogP contribution in [0.4, 0.5) is 0 Å². The van der Waals surface area contributed by atoms with Gasteiger partial charge in [-0.3, -0.25) is 4.79 Å². The van der Waals surface area contributed by atoms with Crippen LogP contribution in [0, 0.1) is 0 Å². The molecule has 0 bridgehead atoms. The number of ether oxygens (including phenoxy) is 2. The topological polar surface area (TPSA) is 149 Å². The highest BCUT2D eigenvalue weighted by atomic mass is 16.7. The van der Waals surface area contributed by atoms with E-state index in [-0.39, 0.29) is 18.9 Å². The summed E-state index contributed by atoms with van der Waals surface area (Å²) >= 11 is 0. The highest BCUT2D eigenvalue weighted by Gasteiger charge is 2.44. The van der Waals surface area contributed by atoms with Crippen LogP contribution in [0.1, 0.15) is 90.9 Å². The van der Waals surface area contributed by atoms with Gasteiger partial charge in [-0.25, -0.2) is 0 Å². The van der Waals surface area contributed by atoms with E-state index < -0.39 is 49.5 Å². The molecule has 1 aliphatic rings. The van der Waals surface area contributed by atoms with Crippen molar-refractivity contribution in [2.24, 2.45) is 0 Å². The lowest BCUT2D eigenvalue weighted by molar-refractivity contribution is -0.302. The molecular weight excluding hydrogens is 550 g/mol. The lowest BCUT2D eigenvalue weighted by atomic mass is 9.99. The van der Waals surface area contributed by atoms with E-state index in [1.54, 1.807) is 6.08 Å². The van der Waals surface area contributed by atoms with Gasteiger partial charge in [0.05, 0.1) is 25.4 Å². The molecule has 1 saturated heterocycles. The Bertz CT molecular complexity index is 853. The van der Waals surface area contributed by atoms with E-state index in [4.69, 9.17) is 9.47 Å². The molecule has 7 unspecified atom stereocenters. The fourth-order valence-corrected chi connectivity index (χ4v) is 4.46. The SMILES string of the molecule is CC/C=C\C/C=C\C/C=C\C/C=C\CCC(=O)NC(COC1OC(CO)C(O)C(O)C1O)C(O)/C=C/CCCCCCC. The summed E-state index contributed by atoms with van der Waals surface area (Å²) < 4.78 is 11.0. The second-order valence-electron chi connectivity index (χ2n) is 10.9. The van der Waals surface area contributed by atoms with Crippen LogP contribution >= 0.6 is 0 Å². The highest BCUT2D eigenvalue weighted by molar-refractivity contribution is 5.76. The minimum atomic E-state index is -1.58. The summed E-state index contributed by atoms with van der Waals surface area (Å²) in [6.45, 7) is 3.48. The van der Waals surface area contributed by atoms with Crippen LogP contribution in [0.2, 0.25) is 0 Å². The van der Waals surface area contributed by atoms with Crippen LogP contribution in [0.25, 0.3) is 0 Å². The number of aliphatic hydroxyl groups is 5. The summed E-state index contributed by atoms with van der Waals surface area (Å²) in [5, 5.41) is 53.4. The summed E-state index contributed by atoms with van der Waals surface area (Å²) in [4.78, 5) is 12.7. The molecular formula is C34H57NO8. The monoisotopic (exact) mass is 607 g/mol. The van der Waals surface area contributed by atoms with Crippen molar-refractivity contribution < 1.29 is 39.8 Å². The smallest absolute Gasteiger partial charge is 0.220 e. The Morgan fingerprint density at radius 2 is 1.44 bits per heavy atom. The Morgan fingerprint density at radius 3 is 2.07 bits per heavy atom. The van der Waals surface area contributed by atoms with E-state index in [9.17, 15) is 30.3 Å². The standard InChI is InChI=1S/C34H57NO8/c1-3-5-7-9-11-12-13-14-15-16-18-20-22-24-30(38)35-27(28(37)23-21-19-17-10-8-6-4-2)26-42-34-33(41)32(40)31(39)29(25-36)43-34/h5,7,11-12,14-15,18,20-21,23,27-29,31-34,36-37,39-41H,3-4,6,8-10,13,16-17,19,22,24-26H2,1-2H3,(H,35,38)/b7-5-,12-11-,15-14-,20-18-,23-21+. The molecule has 0 aromatic heterocycles. The number of carbonyl (C=O) groups is 1. The minimum absolute atomic E-state index is 0.221. The predicted molar refractivity (Wildman–Crippen MR) is 170 cm³/mol. The van der Waals surface area contributed by atoms with Crippen LogP contribution in [-0.2, 0) is 14.3 Å². The quantitative estimate of drug-likeness (QED) is 0.0750. The van der Waals surface area contributed by atoms with E-state index in [1.165, 1.54) is 19.3 Å². The lowest BCUT2D eigenvalue weighted by Gasteiger charge is -2.40. The molecule has 6 N–H and O–H groups in total. The molecule has 1 aliphatic heterocycles. The normalized spacial score (nSPS) is 24.7. The third-order valence-corrected chi connectivity index (χ3v) is 7.11. The van der Waals surface area contributed by atoms with Gasteiger partial charge < -0.3 is 40.3 Å². The van der Waals surface area contributed by atoms with Gasteiger partial charge in [0.2, 0.25) is 5.91 Å². The summed E-state index contributed by atoms with van der Waals surface area (Å²) in [5.74, 6) is -0.267. The first-order valence-corrected chi connectivity index (χ1v) is 16.0. The van der Waals surface area contributed by atoms with Crippen molar-refractivity contribution in [2.45, 2.75) is 134 Å². The molecule has 7 atom stereocenters. The first kappa shape index (κ1) is 38.9. The number of allylic oxidation sites excluding steroid dienone is 9. The first-order valence-electron chi connectivity index (χ1n) is 16.0. The van der Waals surface area contributed by atoms with Gasteiger partial charge in [-0.15, -0.1) is 0 Å². The maximum absolute atomic E-state index is 12.7. The molecule has 0 saturated carbocycles. The molecule has 0 aliphatic carbocycles. The van der Waals surface area contributed by atoms with Crippen molar-refractivity contribution in [2.75, 3.05) is 13.2 Å². The lowest BCUT2D eigenvalue weighted by Crippen LogP contribution is -2.60. The van der Waals surface area contributed by atoms with Crippen molar-refractivity contribution >= 4 is 5.91 Å². The molecule has 43 heavy (non-hydrogen) atoms. The van der Waals surface area contributed by atoms with E-state index >= 15 is 0 Å². The van der Waals surface area contributed by atoms with E-state index in [0.717, 1.165) is 44.9 Å². The van der Waals surface area contributed by atoms with Gasteiger partial charge in [0.25, 0.3) is 0 Å². The Hall–Kier alpha value is -2.11. The van der Waals surface area contributed by atoms with E-state index in [1.807, 2.05) is 18.2 Å². The number of hydrogen-bond acceptors (Lipinski definition) is 8. The zero-order valence-corrected chi connectivity index (χ0v) is 26.2. The number of amides is 1. The van der Waals surface area contributed by atoms with Crippen molar-refractivity contribution in [3.8, 4) is 0 Å². The number of carbonyl (C=O) groups excluding carboxylic acids is 1. The maximum Gasteiger partial charge on any atom is 0.220 e. The van der Waals surface area contributed by atoms with Gasteiger partial charge in [-0.1, -0.05) is 100 Å². The van der Waals surface area contributed by atoms with Crippen LogP contribution in [0.15, 0.2) is 60.8 Å². The Balaban J connectivity index is 2.59. The molecule has 1 amide bonds.